The third kappa shape index (κ3) is 5.65. The molecule has 1 amide bonds. The molecule has 1 heterocycles. The van der Waals surface area contributed by atoms with Crippen LogP contribution in [0.4, 0.5) is 0 Å². The maximum Gasteiger partial charge on any atom is 0.220 e. The first-order valence-corrected chi connectivity index (χ1v) is 8.93. The van der Waals surface area contributed by atoms with E-state index >= 15 is 0 Å². The largest absolute Gasteiger partial charge is 0.352 e. The molecule has 1 fully saturated rings. The van der Waals surface area contributed by atoms with Gasteiger partial charge in [0.2, 0.25) is 5.91 Å². The Morgan fingerprint density at radius 3 is 2.57 bits per heavy atom. The fourth-order valence-corrected chi connectivity index (χ4v) is 3.22. The van der Waals surface area contributed by atoms with Gasteiger partial charge in [-0.05, 0) is 54.3 Å². The number of benzene rings is 1. The van der Waals surface area contributed by atoms with Crippen LogP contribution in [0.25, 0.3) is 0 Å². The number of hydrogen-bond donors (Lipinski definition) is 2. The summed E-state index contributed by atoms with van der Waals surface area (Å²) in [5.74, 6) is 1.26. The SMILES string of the molecule is CC(CC(=O)NCc1ccc(C(C)(C)C)cc1)C1CCCNC1. The molecule has 1 aromatic carbocycles. The fourth-order valence-electron chi connectivity index (χ4n) is 3.22. The van der Waals surface area contributed by atoms with Crippen LogP contribution in [0.15, 0.2) is 24.3 Å². The number of carbonyl (C=O) groups excluding carboxylic acids is 1. The zero-order valence-electron chi connectivity index (χ0n) is 15.1. The average molecular weight is 316 g/mol. The van der Waals surface area contributed by atoms with Gasteiger partial charge in [0.15, 0.2) is 0 Å². The van der Waals surface area contributed by atoms with Crippen molar-refractivity contribution in [2.75, 3.05) is 13.1 Å². The Kier molecular flexibility index (Phi) is 6.23. The maximum absolute atomic E-state index is 12.2. The smallest absolute Gasteiger partial charge is 0.220 e. The van der Waals surface area contributed by atoms with Gasteiger partial charge in [-0.25, -0.2) is 0 Å². The number of amides is 1. The van der Waals surface area contributed by atoms with Gasteiger partial charge < -0.3 is 10.6 Å². The molecule has 0 bridgehead atoms. The summed E-state index contributed by atoms with van der Waals surface area (Å²) in [6.07, 6.45) is 3.11. The first-order chi connectivity index (χ1) is 10.9. The number of rotatable bonds is 5. The quantitative estimate of drug-likeness (QED) is 0.871. The van der Waals surface area contributed by atoms with Gasteiger partial charge in [-0.15, -0.1) is 0 Å². The molecule has 0 aliphatic carbocycles. The van der Waals surface area contributed by atoms with E-state index in [2.05, 4.69) is 62.6 Å². The lowest BCUT2D eigenvalue weighted by Gasteiger charge is -2.28. The molecule has 23 heavy (non-hydrogen) atoms. The van der Waals surface area contributed by atoms with Gasteiger partial charge in [0.05, 0.1) is 0 Å². The van der Waals surface area contributed by atoms with Gasteiger partial charge >= 0.3 is 0 Å². The van der Waals surface area contributed by atoms with Crippen LogP contribution in [0.1, 0.15) is 58.1 Å². The Balaban J connectivity index is 1.77. The van der Waals surface area contributed by atoms with Crippen LogP contribution >= 0.6 is 0 Å². The van der Waals surface area contributed by atoms with Gasteiger partial charge in [-0.1, -0.05) is 52.0 Å². The minimum absolute atomic E-state index is 0.169. The zero-order chi connectivity index (χ0) is 16.9. The van der Waals surface area contributed by atoms with Gasteiger partial charge in [0.1, 0.15) is 0 Å². The lowest BCUT2D eigenvalue weighted by atomic mass is 9.85. The van der Waals surface area contributed by atoms with E-state index in [-0.39, 0.29) is 11.3 Å². The molecular weight excluding hydrogens is 284 g/mol. The Morgan fingerprint density at radius 1 is 1.30 bits per heavy atom. The summed E-state index contributed by atoms with van der Waals surface area (Å²) in [4.78, 5) is 12.2. The van der Waals surface area contributed by atoms with Crippen molar-refractivity contribution in [3.8, 4) is 0 Å². The Hall–Kier alpha value is -1.35. The van der Waals surface area contributed by atoms with Crippen molar-refractivity contribution in [3.05, 3.63) is 35.4 Å². The second-order valence-electron chi connectivity index (χ2n) is 8.01. The highest BCUT2D eigenvalue weighted by molar-refractivity contribution is 5.76. The van der Waals surface area contributed by atoms with Crippen LogP contribution in [-0.4, -0.2) is 19.0 Å². The standard InChI is InChI=1S/C20H32N2O/c1-15(17-6-5-11-21-14-17)12-19(23)22-13-16-7-9-18(10-8-16)20(2,3)4/h7-10,15,17,21H,5-6,11-14H2,1-4H3,(H,22,23). The number of piperidine rings is 1. The lowest BCUT2D eigenvalue weighted by Crippen LogP contribution is -2.35. The number of carbonyl (C=O) groups is 1. The highest BCUT2D eigenvalue weighted by Crippen LogP contribution is 2.23. The molecule has 1 aromatic rings. The van der Waals surface area contributed by atoms with Crippen LogP contribution in [0, 0.1) is 11.8 Å². The van der Waals surface area contributed by atoms with E-state index in [9.17, 15) is 4.79 Å². The topological polar surface area (TPSA) is 41.1 Å². The number of nitrogens with one attached hydrogen (secondary N) is 2. The molecule has 3 nitrogen and oxygen atoms in total. The first kappa shape index (κ1) is 18.0. The van der Waals surface area contributed by atoms with E-state index < -0.39 is 0 Å². The molecular formula is C20H32N2O. The minimum Gasteiger partial charge on any atom is -0.352 e. The maximum atomic E-state index is 12.2. The molecule has 0 saturated carbocycles. The summed E-state index contributed by atoms with van der Waals surface area (Å²) >= 11 is 0. The molecule has 0 spiro atoms. The summed E-state index contributed by atoms with van der Waals surface area (Å²) in [7, 11) is 0. The first-order valence-electron chi connectivity index (χ1n) is 8.93. The van der Waals surface area contributed by atoms with Crippen LogP contribution < -0.4 is 10.6 Å². The van der Waals surface area contributed by atoms with Gasteiger partial charge in [-0.3, -0.25) is 4.79 Å². The molecule has 2 atom stereocenters. The highest BCUT2D eigenvalue weighted by atomic mass is 16.1. The molecule has 128 valence electrons. The van der Waals surface area contributed by atoms with Gasteiger partial charge in [0, 0.05) is 13.0 Å². The van der Waals surface area contributed by atoms with Crippen LogP contribution in [0.2, 0.25) is 0 Å². The lowest BCUT2D eigenvalue weighted by molar-refractivity contribution is -0.122. The third-order valence-electron chi connectivity index (χ3n) is 4.96. The number of hydrogen-bond acceptors (Lipinski definition) is 2. The highest BCUT2D eigenvalue weighted by Gasteiger charge is 2.21. The van der Waals surface area contributed by atoms with Crippen molar-refractivity contribution in [1.29, 1.82) is 0 Å². The van der Waals surface area contributed by atoms with Crippen molar-refractivity contribution < 1.29 is 4.79 Å². The molecule has 0 radical (unpaired) electrons. The summed E-state index contributed by atoms with van der Waals surface area (Å²) in [6, 6.07) is 8.57. The summed E-state index contributed by atoms with van der Waals surface area (Å²) in [5, 5.41) is 6.50. The molecule has 1 aliphatic rings. The van der Waals surface area contributed by atoms with Gasteiger partial charge in [0.25, 0.3) is 0 Å². The van der Waals surface area contributed by atoms with Crippen LogP contribution in [0.3, 0.4) is 0 Å². The molecule has 2 unspecified atom stereocenters. The Bertz CT molecular complexity index is 495. The van der Waals surface area contributed by atoms with E-state index in [4.69, 9.17) is 0 Å². The van der Waals surface area contributed by atoms with E-state index in [0.717, 1.165) is 13.1 Å². The van der Waals surface area contributed by atoms with E-state index in [0.29, 0.717) is 24.8 Å². The normalized spacial score (nSPS) is 20.1. The second kappa shape index (κ2) is 7.96. The third-order valence-corrected chi connectivity index (χ3v) is 4.96. The van der Waals surface area contributed by atoms with Crippen molar-refractivity contribution in [2.45, 2.75) is 58.9 Å². The van der Waals surface area contributed by atoms with Gasteiger partial charge in [-0.2, -0.15) is 0 Å². The fraction of sp³-hybridized carbons (Fsp3) is 0.650. The molecule has 3 heteroatoms. The summed E-state index contributed by atoms with van der Waals surface area (Å²) in [5.41, 5.74) is 2.66. The predicted molar refractivity (Wildman–Crippen MR) is 96.4 cm³/mol. The molecule has 1 aliphatic heterocycles. The Morgan fingerprint density at radius 2 is 2.00 bits per heavy atom. The summed E-state index contributed by atoms with van der Waals surface area (Å²) in [6.45, 7) is 11.7. The van der Waals surface area contributed by atoms with E-state index in [1.54, 1.807) is 0 Å². The molecule has 0 aromatic heterocycles. The monoisotopic (exact) mass is 316 g/mol. The van der Waals surface area contributed by atoms with E-state index in [1.165, 1.54) is 24.0 Å². The average Bonchev–Trinajstić information content (AvgIpc) is 2.53. The molecule has 2 N–H and O–H groups in total. The predicted octanol–water partition coefficient (Wildman–Crippen LogP) is 3.63. The molecule has 2 rings (SSSR count). The van der Waals surface area contributed by atoms with Crippen LogP contribution in [-0.2, 0) is 16.8 Å². The molecule has 1 saturated heterocycles. The van der Waals surface area contributed by atoms with Crippen molar-refractivity contribution in [3.63, 3.8) is 0 Å². The Labute approximate surface area is 141 Å². The van der Waals surface area contributed by atoms with Crippen molar-refractivity contribution in [1.82, 2.24) is 10.6 Å². The van der Waals surface area contributed by atoms with E-state index in [1.807, 2.05) is 0 Å². The minimum atomic E-state index is 0.169. The van der Waals surface area contributed by atoms with Crippen molar-refractivity contribution in [2.24, 2.45) is 11.8 Å². The second-order valence-corrected chi connectivity index (χ2v) is 8.01. The zero-order valence-corrected chi connectivity index (χ0v) is 15.1. The van der Waals surface area contributed by atoms with Crippen molar-refractivity contribution >= 4 is 5.91 Å². The summed E-state index contributed by atoms with van der Waals surface area (Å²) < 4.78 is 0. The van der Waals surface area contributed by atoms with Crippen LogP contribution in [0.5, 0.6) is 0 Å².